The lowest BCUT2D eigenvalue weighted by molar-refractivity contribution is -0.137. The fourth-order valence-electron chi connectivity index (χ4n) is 4.01. The quantitative estimate of drug-likeness (QED) is 0.327. The Hall–Kier alpha value is -3.14. The second kappa shape index (κ2) is 10.4. The monoisotopic (exact) mass is 478 g/mol. The lowest BCUT2D eigenvalue weighted by Gasteiger charge is -2.26. The Morgan fingerprint density at radius 3 is 2.56 bits per heavy atom. The van der Waals surface area contributed by atoms with E-state index in [9.17, 15) is 17.6 Å². The molecule has 10 heteroatoms. The number of nitrogens with zero attached hydrogens (tertiary/aromatic N) is 3. The number of ether oxygens (including phenoxy) is 2. The SMILES string of the molecule is COc1cc2c(Nc3cc(C(F)(F)F)ccc3F)ncnc2cc1OCCCN1CCCCC1. The van der Waals surface area contributed by atoms with Crippen LogP contribution in [0.25, 0.3) is 10.9 Å². The van der Waals surface area contributed by atoms with Crippen molar-refractivity contribution in [2.24, 2.45) is 0 Å². The van der Waals surface area contributed by atoms with E-state index in [0.717, 1.165) is 32.1 Å². The van der Waals surface area contributed by atoms with Gasteiger partial charge in [-0.1, -0.05) is 6.42 Å². The van der Waals surface area contributed by atoms with Gasteiger partial charge in [-0.05, 0) is 56.6 Å². The summed E-state index contributed by atoms with van der Waals surface area (Å²) in [6.07, 6.45) is 1.29. The number of nitrogens with one attached hydrogen (secondary N) is 1. The van der Waals surface area contributed by atoms with Crippen molar-refractivity contribution in [3.8, 4) is 11.5 Å². The van der Waals surface area contributed by atoms with Gasteiger partial charge in [-0.25, -0.2) is 14.4 Å². The van der Waals surface area contributed by atoms with E-state index < -0.39 is 17.6 Å². The molecule has 0 amide bonds. The zero-order valence-electron chi connectivity index (χ0n) is 18.8. The molecule has 4 rings (SSSR count). The average Bonchev–Trinajstić information content (AvgIpc) is 2.83. The molecule has 0 saturated carbocycles. The van der Waals surface area contributed by atoms with E-state index >= 15 is 0 Å². The van der Waals surface area contributed by atoms with Crippen LogP contribution in [0.4, 0.5) is 29.1 Å². The summed E-state index contributed by atoms with van der Waals surface area (Å²) in [4.78, 5) is 10.8. The second-order valence-electron chi connectivity index (χ2n) is 8.16. The van der Waals surface area contributed by atoms with Crippen LogP contribution < -0.4 is 14.8 Å². The third-order valence-corrected chi connectivity index (χ3v) is 5.79. The number of aromatic nitrogens is 2. The Morgan fingerprint density at radius 2 is 1.82 bits per heavy atom. The molecule has 0 atom stereocenters. The summed E-state index contributed by atoms with van der Waals surface area (Å²) < 4.78 is 64.8. The maximum atomic E-state index is 14.2. The Labute approximate surface area is 194 Å². The number of rotatable bonds is 8. The molecular weight excluding hydrogens is 452 g/mol. The maximum absolute atomic E-state index is 14.2. The molecule has 0 aliphatic carbocycles. The van der Waals surface area contributed by atoms with Crippen molar-refractivity contribution in [1.29, 1.82) is 0 Å². The third-order valence-electron chi connectivity index (χ3n) is 5.79. The van der Waals surface area contributed by atoms with Crippen LogP contribution in [0.3, 0.4) is 0 Å². The molecule has 1 aromatic heterocycles. The molecule has 6 nitrogen and oxygen atoms in total. The Balaban J connectivity index is 1.53. The highest BCUT2D eigenvalue weighted by Gasteiger charge is 2.31. The largest absolute Gasteiger partial charge is 0.493 e. The summed E-state index contributed by atoms with van der Waals surface area (Å²) in [7, 11) is 1.49. The first-order valence-electron chi connectivity index (χ1n) is 11.2. The number of benzene rings is 2. The molecule has 1 fully saturated rings. The predicted octanol–water partition coefficient (Wildman–Crippen LogP) is 5.79. The number of likely N-dealkylation sites (tertiary alicyclic amines) is 1. The van der Waals surface area contributed by atoms with Gasteiger partial charge in [0.1, 0.15) is 18.0 Å². The number of piperidine rings is 1. The Bertz CT molecular complexity index is 1130. The zero-order valence-corrected chi connectivity index (χ0v) is 18.8. The summed E-state index contributed by atoms with van der Waals surface area (Å²) in [6.45, 7) is 3.72. The first-order valence-corrected chi connectivity index (χ1v) is 11.2. The Kier molecular flexibility index (Phi) is 7.35. The molecule has 3 aromatic rings. The van der Waals surface area contributed by atoms with Crippen LogP contribution in [0.1, 0.15) is 31.2 Å². The lowest BCUT2D eigenvalue weighted by Crippen LogP contribution is -2.31. The van der Waals surface area contributed by atoms with Gasteiger partial charge in [0.15, 0.2) is 11.5 Å². The average molecular weight is 478 g/mol. The summed E-state index contributed by atoms with van der Waals surface area (Å²) in [5, 5.41) is 3.11. The van der Waals surface area contributed by atoms with E-state index in [1.165, 1.54) is 32.7 Å². The van der Waals surface area contributed by atoms with Crippen LogP contribution >= 0.6 is 0 Å². The highest BCUT2D eigenvalue weighted by Crippen LogP contribution is 2.36. The standard InChI is InChI=1S/C24H26F4N4O2/c1-33-21-13-17-19(14-22(21)34-11-5-10-32-8-3-2-4-9-32)29-15-30-23(17)31-20-12-16(24(26,27)28)6-7-18(20)25/h6-7,12-15H,2-5,8-11H2,1H3,(H,29,30,31). The number of alkyl halides is 3. The number of hydrogen-bond donors (Lipinski definition) is 1. The first kappa shape index (κ1) is 24.0. The molecule has 1 saturated heterocycles. The maximum Gasteiger partial charge on any atom is 0.416 e. The van der Waals surface area contributed by atoms with E-state index in [0.29, 0.717) is 41.1 Å². The van der Waals surface area contributed by atoms with Crippen LogP contribution in [0.5, 0.6) is 11.5 Å². The number of fused-ring (bicyclic) bond motifs is 1. The van der Waals surface area contributed by atoms with Gasteiger partial charge in [-0.2, -0.15) is 13.2 Å². The molecular formula is C24H26F4N4O2. The minimum Gasteiger partial charge on any atom is -0.493 e. The van der Waals surface area contributed by atoms with Crippen LogP contribution in [0.15, 0.2) is 36.7 Å². The first-order chi connectivity index (χ1) is 16.3. The molecule has 1 N–H and O–H groups in total. The van der Waals surface area contributed by atoms with Crippen molar-refractivity contribution in [2.75, 3.05) is 38.7 Å². The second-order valence-corrected chi connectivity index (χ2v) is 8.16. The normalized spacial score (nSPS) is 14.9. The fourth-order valence-corrected chi connectivity index (χ4v) is 4.01. The molecule has 34 heavy (non-hydrogen) atoms. The van der Waals surface area contributed by atoms with Crippen LogP contribution in [0, 0.1) is 5.82 Å². The van der Waals surface area contributed by atoms with Gasteiger partial charge < -0.3 is 19.7 Å². The number of halogens is 4. The summed E-state index contributed by atoms with van der Waals surface area (Å²) in [5.74, 6) is 0.245. The molecule has 182 valence electrons. The summed E-state index contributed by atoms with van der Waals surface area (Å²) >= 11 is 0. The number of anilines is 2. The molecule has 0 bridgehead atoms. The van der Waals surface area contributed by atoms with Crippen LogP contribution in [-0.2, 0) is 6.18 Å². The van der Waals surface area contributed by atoms with Crippen molar-refractivity contribution >= 4 is 22.4 Å². The van der Waals surface area contributed by atoms with Gasteiger partial charge in [0, 0.05) is 18.0 Å². The molecule has 2 heterocycles. The number of hydrogen-bond acceptors (Lipinski definition) is 6. The smallest absolute Gasteiger partial charge is 0.416 e. The van der Waals surface area contributed by atoms with E-state index in [4.69, 9.17) is 9.47 Å². The van der Waals surface area contributed by atoms with Gasteiger partial charge >= 0.3 is 6.18 Å². The molecule has 1 aliphatic heterocycles. The minimum absolute atomic E-state index is 0.151. The molecule has 0 unspecified atom stereocenters. The van der Waals surface area contributed by atoms with E-state index in [2.05, 4.69) is 20.2 Å². The Morgan fingerprint density at radius 1 is 1.03 bits per heavy atom. The van der Waals surface area contributed by atoms with Crippen LogP contribution in [-0.4, -0.2) is 48.2 Å². The van der Waals surface area contributed by atoms with E-state index in [1.807, 2.05) is 0 Å². The fraction of sp³-hybridized carbons (Fsp3) is 0.417. The van der Waals surface area contributed by atoms with Gasteiger partial charge in [-0.3, -0.25) is 0 Å². The third kappa shape index (κ3) is 5.67. The van der Waals surface area contributed by atoms with Crippen molar-refractivity contribution < 1.29 is 27.0 Å². The van der Waals surface area contributed by atoms with Gasteiger partial charge in [0.2, 0.25) is 0 Å². The van der Waals surface area contributed by atoms with Crippen molar-refractivity contribution in [1.82, 2.24) is 14.9 Å². The summed E-state index contributed by atoms with van der Waals surface area (Å²) in [5.41, 5.74) is -0.823. The molecule has 2 aromatic carbocycles. The highest BCUT2D eigenvalue weighted by molar-refractivity contribution is 5.93. The van der Waals surface area contributed by atoms with Crippen molar-refractivity contribution in [2.45, 2.75) is 31.9 Å². The van der Waals surface area contributed by atoms with Gasteiger partial charge in [0.25, 0.3) is 0 Å². The van der Waals surface area contributed by atoms with Crippen LogP contribution in [0.2, 0.25) is 0 Å². The number of methoxy groups -OCH3 is 1. The topological polar surface area (TPSA) is 59.5 Å². The van der Waals surface area contributed by atoms with Crippen molar-refractivity contribution in [3.05, 3.63) is 48.0 Å². The zero-order chi connectivity index (χ0) is 24.1. The minimum atomic E-state index is -4.60. The molecule has 0 spiro atoms. The van der Waals surface area contributed by atoms with Gasteiger partial charge in [0.05, 0.1) is 30.5 Å². The predicted molar refractivity (Wildman–Crippen MR) is 121 cm³/mol. The summed E-state index contributed by atoms with van der Waals surface area (Å²) in [6, 6.07) is 5.48. The van der Waals surface area contributed by atoms with Gasteiger partial charge in [-0.15, -0.1) is 0 Å². The molecule has 1 aliphatic rings. The molecule has 0 radical (unpaired) electrons. The van der Waals surface area contributed by atoms with E-state index in [1.54, 1.807) is 12.1 Å². The van der Waals surface area contributed by atoms with Crippen molar-refractivity contribution in [3.63, 3.8) is 0 Å². The highest BCUT2D eigenvalue weighted by atomic mass is 19.4. The van der Waals surface area contributed by atoms with E-state index in [-0.39, 0.29) is 11.5 Å². The lowest BCUT2D eigenvalue weighted by atomic mass is 10.1.